The van der Waals surface area contributed by atoms with E-state index in [0.29, 0.717) is 11.4 Å². The topological polar surface area (TPSA) is 71.0 Å². The van der Waals surface area contributed by atoms with Gasteiger partial charge in [-0.2, -0.15) is 0 Å². The Balaban J connectivity index is 1.80. The zero-order valence-corrected chi connectivity index (χ0v) is 25.2. The van der Waals surface area contributed by atoms with Gasteiger partial charge in [-0.25, -0.2) is 0 Å². The first kappa shape index (κ1) is 27.3. The van der Waals surface area contributed by atoms with Crippen molar-refractivity contribution in [1.29, 1.82) is 0 Å². The SMILES string of the molecule is Cc1ccc(NP2(Cl)(Cl)N(c3ccccc3O)P(Cl)(Cl)(Nc3ccc(C)cc3)N2c2ccccc2O)cc1. The maximum atomic E-state index is 11.0. The van der Waals surface area contributed by atoms with Gasteiger partial charge in [-0.15, -0.1) is 0 Å². The van der Waals surface area contributed by atoms with Gasteiger partial charge in [-0.1, -0.05) is 0 Å². The van der Waals surface area contributed by atoms with Crippen LogP contribution in [0.15, 0.2) is 97.1 Å². The van der Waals surface area contributed by atoms with Crippen molar-refractivity contribution < 1.29 is 10.2 Å². The molecule has 0 saturated carbocycles. The van der Waals surface area contributed by atoms with Gasteiger partial charge < -0.3 is 0 Å². The number of phenols is 2. The summed E-state index contributed by atoms with van der Waals surface area (Å²) in [6.45, 7) is 3.93. The molecule has 0 aliphatic carbocycles. The van der Waals surface area contributed by atoms with Gasteiger partial charge in [0.1, 0.15) is 0 Å². The Hall–Kier alpha value is -2.30. The average Bonchev–Trinajstić information content (AvgIpc) is 2.84. The molecule has 6 nitrogen and oxygen atoms in total. The molecule has 0 radical (unpaired) electrons. The van der Waals surface area contributed by atoms with E-state index in [2.05, 4.69) is 10.2 Å². The first-order valence-electron chi connectivity index (χ1n) is 11.6. The third kappa shape index (κ3) is 4.29. The number of benzene rings is 4. The van der Waals surface area contributed by atoms with E-state index in [0.717, 1.165) is 11.1 Å². The average molecular weight is 630 g/mol. The van der Waals surface area contributed by atoms with Gasteiger partial charge in [0.25, 0.3) is 0 Å². The predicted octanol–water partition coefficient (Wildman–Crippen LogP) is 10.5. The molecule has 0 bridgehead atoms. The summed E-state index contributed by atoms with van der Waals surface area (Å²) in [5.41, 5.74) is 3.74. The van der Waals surface area contributed by atoms with Crippen LogP contribution in [0.1, 0.15) is 11.1 Å². The number of nitrogens with one attached hydrogen (secondary N) is 2. The molecule has 4 aromatic rings. The van der Waals surface area contributed by atoms with Gasteiger partial charge in [0.15, 0.2) is 0 Å². The van der Waals surface area contributed by atoms with Gasteiger partial charge in [-0.3, -0.25) is 0 Å². The second-order valence-corrected chi connectivity index (χ2v) is 23.9. The number of nitrogens with zero attached hydrogens (tertiary/aromatic N) is 2. The first-order chi connectivity index (χ1) is 17.8. The molecule has 1 aliphatic heterocycles. The van der Waals surface area contributed by atoms with Crippen molar-refractivity contribution in [3.8, 4) is 11.5 Å². The number of phenolic OH excluding ortho intramolecular Hbond substituents is 2. The number of para-hydroxylation sites is 4. The molecule has 200 valence electrons. The minimum absolute atomic E-state index is 0.119. The zero-order valence-electron chi connectivity index (χ0n) is 20.4. The van der Waals surface area contributed by atoms with Crippen LogP contribution in [-0.4, -0.2) is 10.2 Å². The van der Waals surface area contributed by atoms with Gasteiger partial charge in [0.05, 0.1) is 0 Å². The number of rotatable bonds is 6. The van der Waals surface area contributed by atoms with E-state index >= 15 is 0 Å². The molecule has 0 spiro atoms. The summed E-state index contributed by atoms with van der Waals surface area (Å²) in [7, 11) is 0. The molecule has 0 unspecified atom stereocenters. The van der Waals surface area contributed by atoms with E-state index in [4.69, 9.17) is 45.0 Å². The normalized spacial score (nSPS) is 20.6. The van der Waals surface area contributed by atoms with Crippen molar-refractivity contribution in [2.45, 2.75) is 13.8 Å². The Kier molecular flexibility index (Phi) is 6.55. The molecule has 4 N–H and O–H groups in total. The van der Waals surface area contributed by atoms with E-state index in [1.54, 1.807) is 36.4 Å². The van der Waals surface area contributed by atoms with Crippen molar-refractivity contribution in [1.82, 2.24) is 0 Å². The molecular formula is C26H26Cl4N4O2P2. The summed E-state index contributed by atoms with van der Waals surface area (Å²) in [6, 6.07) is 28.1. The zero-order chi connectivity index (χ0) is 27.4. The van der Waals surface area contributed by atoms with E-state index in [-0.39, 0.29) is 22.9 Å². The second kappa shape index (κ2) is 9.13. The third-order valence-corrected chi connectivity index (χ3v) is 22.3. The molecule has 4 aromatic carbocycles. The molecular weight excluding hydrogens is 604 g/mol. The van der Waals surface area contributed by atoms with E-state index in [1.165, 1.54) is 21.0 Å². The van der Waals surface area contributed by atoms with Crippen LogP contribution in [0.25, 0.3) is 0 Å². The van der Waals surface area contributed by atoms with Crippen LogP contribution in [0.3, 0.4) is 0 Å². The standard InChI is InChI=1S/C26H26Cl4N4O2P2/c1-19-11-15-21(16-12-19)31-37(27,28)33(23-7-3-5-9-25(23)35)38(29,30,32-22-17-13-20(2)14-18-22)34(37)24-8-4-6-10-26(24)36/h3-18,31-32,35-36H,1-2H3. The maximum absolute atomic E-state index is 11.0. The summed E-state index contributed by atoms with van der Waals surface area (Å²) in [5, 5.41) is 28.6. The van der Waals surface area contributed by atoms with Gasteiger partial charge in [-0.05, 0) is 0 Å². The third-order valence-electron chi connectivity index (χ3n) is 6.22. The second-order valence-electron chi connectivity index (χ2n) is 9.16. The Morgan fingerprint density at radius 3 is 1.16 bits per heavy atom. The summed E-state index contributed by atoms with van der Waals surface area (Å²) >= 11 is 30.3. The number of aryl methyl sites for hydroxylation is 2. The predicted molar refractivity (Wildman–Crippen MR) is 168 cm³/mol. The fourth-order valence-corrected chi connectivity index (χ4v) is 28.7. The molecule has 0 amide bonds. The number of hydrogen-bond acceptors (Lipinski definition) is 6. The molecule has 1 saturated heterocycles. The number of aromatic hydroxyl groups is 2. The summed E-state index contributed by atoms with van der Waals surface area (Å²) < 4.78 is 2.95. The van der Waals surface area contributed by atoms with Crippen LogP contribution >= 0.6 is 56.5 Å². The summed E-state index contributed by atoms with van der Waals surface area (Å²) in [6.07, 6.45) is 0. The van der Waals surface area contributed by atoms with E-state index in [1.807, 2.05) is 62.4 Å². The molecule has 12 heteroatoms. The van der Waals surface area contributed by atoms with Gasteiger partial charge in [0.2, 0.25) is 0 Å². The van der Waals surface area contributed by atoms with Crippen LogP contribution in [-0.2, 0) is 0 Å². The van der Waals surface area contributed by atoms with Crippen LogP contribution in [0, 0.1) is 13.8 Å². The summed E-state index contributed by atoms with van der Waals surface area (Å²) in [5.74, 6) is -9.59. The fraction of sp³-hybridized carbons (Fsp3) is 0.0769. The fourth-order valence-electron chi connectivity index (χ4n) is 4.52. The van der Waals surface area contributed by atoms with Crippen molar-refractivity contribution in [2.75, 3.05) is 19.1 Å². The Labute approximate surface area is 241 Å². The molecule has 1 aliphatic rings. The van der Waals surface area contributed by atoms with Crippen LogP contribution in [0.4, 0.5) is 22.7 Å². The van der Waals surface area contributed by atoms with Crippen molar-refractivity contribution in [2.24, 2.45) is 0 Å². The molecule has 5 rings (SSSR count). The quantitative estimate of drug-likeness (QED) is 0.159. The first-order valence-corrected chi connectivity index (χ1v) is 19.5. The van der Waals surface area contributed by atoms with Crippen molar-refractivity contribution >= 4 is 79.2 Å². The van der Waals surface area contributed by atoms with Crippen LogP contribution in [0.2, 0.25) is 0 Å². The van der Waals surface area contributed by atoms with Crippen molar-refractivity contribution in [3.63, 3.8) is 0 Å². The molecule has 1 fully saturated rings. The monoisotopic (exact) mass is 628 g/mol. The van der Waals surface area contributed by atoms with E-state index in [9.17, 15) is 10.2 Å². The van der Waals surface area contributed by atoms with E-state index < -0.39 is 11.5 Å². The van der Waals surface area contributed by atoms with Crippen molar-refractivity contribution in [3.05, 3.63) is 108 Å². The molecule has 38 heavy (non-hydrogen) atoms. The number of hydrogen-bond donors (Lipinski definition) is 4. The van der Waals surface area contributed by atoms with Crippen LogP contribution < -0.4 is 19.1 Å². The van der Waals surface area contributed by atoms with Gasteiger partial charge in [0, 0.05) is 0 Å². The Bertz CT molecular complexity index is 1390. The molecule has 1 heterocycles. The Morgan fingerprint density at radius 2 is 0.842 bits per heavy atom. The molecule has 0 aromatic heterocycles. The molecule has 0 atom stereocenters. The Morgan fingerprint density at radius 1 is 0.526 bits per heavy atom. The number of anilines is 4. The van der Waals surface area contributed by atoms with Crippen LogP contribution in [0.5, 0.6) is 11.5 Å². The minimum atomic E-state index is -4.68. The summed E-state index contributed by atoms with van der Waals surface area (Å²) in [4.78, 5) is 0. The number of halogens is 4. The van der Waals surface area contributed by atoms with Gasteiger partial charge >= 0.3 is 242 Å².